The zero-order chi connectivity index (χ0) is 94.1. The molecular formula is C81H91Cl5F5N11O21S5. The molecule has 0 spiro atoms. The Morgan fingerprint density at radius 3 is 1.12 bits per heavy atom. The Labute approximate surface area is 762 Å². The van der Waals surface area contributed by atoms with E-state index in [4.69, 9.17) is 81.7 Å². The standard InChI is InChI=1S/C20H25ClFN5O5S.C18H17ClFNO4S.C16H17ClFN3O4S.C14H17ClFNO4S.C13H15ClFNO4S/c1-20(2,3)32-19(29)27-8-7-26(33(30,31)17-11-25(4)12-23-17)10-16(27)18(28)24-13-5-6-14(21)15(22)9-13;19-16-9-8-14(11-17(16)20)25-18(22)13-5-4-10-21(12-13)26(23,24)15-6-2-1-3-7-15;1-20-9-15(19-10-20)26(23,24)21-6-2-3-11(8-21)16(22)25-12-4-5-13(17)14(18)7-12;1-2-22(19,20)17-7-3-4-10(9-17)14(18)21-11-5-6-12(15)13(16)8-11;1-21(18,19)16-6-2-3-9(8-16)13(17)20-10-4-5-11(14)12(15)7-10/h5-6,9,11-12,16H,7-8,10H2,1-4H3,(H,24,28);1-3,6-9,11,13H,4-5,10,12H2;4-5,7,9-11H,2-3,6,8H2,1H3;5-6,8,10H,2-4,7,9H2,1H3;4-5,7,9H,2-3,6,8H2,1H3. The summed E-state index contributed by atoms with van der Waals surface area (Å²) in [6.45, 7) is 7.80. The van der Waals surface area contributed by atoms with E-state index in [0.29, 0.717) is 77.5 Å². The second-order valence-electron chi connectivity index (χ2n) is 30.7. The molecule has 0 saturated carbocycles. The highest BCUT2D eigenvalue weighted by Crippen LogP contribution is 2.33. The van der Waals surface area contributed by atoms with E-state index in [0.717, 1.165) is 45.8 Å². The van der Waals surface area contributed by atoms with Gasteiger partial charge in [-0.1, -0.05) is 76.2 Å². The Morgan fingerprint density at radius 2 is 0.773 bits per heavy atom. The summed E-state index contributed by atoms with van der Waals surface area (Å²) in [5, 5.41) is 1.91. The molecule has 47 heteroatoms. The molecule has 128 heavy (non-hydrogen) atoms. The lowest BCUT2D eigenvalue weighted by atomic mass is 10.00. The van der Waals surface area contributed by atoms with E-state index in [1.807, 2.05) is 0 Å². The van der Waals surface area contributed by atoms with Gasteiger partial charge in [0.25, 0.3) is 20.0 Å². The number of nitrogens with one attached hydrogen (secondary N) is 1. The molecule has 5 fully saturated rings. The summed E-state index contributed by atoms with van der Waals surface area (Å²) < 4.78 is 226. The highest BCUT2D eigenvalue weighted by Gasteiger charge is 2.44. The lowest BCUT2D eigenvalue weighted by molar-refractivity contribution is -0.141. The van der Waals surface area contributed by atoms with Crippen LogP contribution >= 0.6 is 58.0 Å². The van der Waals surface area contributed by atoms with Crippen LogP contribution in [0.3, 0.4) is 0 Å². The van der Waals surface area contributed by atoms with Crippen LogP contribution in [0.4, 0.5) is 32.4 Å². The maximum absolute atomic E-state index is 13.8. The fourth-order valence-corrected chi connectivity index (χ4v) is 20.4. The van der Waals surface area contributed by atoms with Crippen molar-refractivity contribution in [1.29, 1.82) is 0 Å². The van der Waals surface area contributed by atoms with Gasteiger partial charge in [0.2, 0.25) is 36.0 Å². The topological polar surface area (TPSA) is 386 Å². The van der Waals surface area contributed by atoms with Crippen LogP contribution in [0, 0.1) is 52.8 Å². The van der Waals surface area contributed by atoms with Crippen LogP contribution in [-0.2, 0) is 92.9 Å². The van der Waals surface area contributed by atoms with Gasteiger partial charge in [0.05, 0.1) is 78.3 Å². The fraction of sp³-hybridized carbons (Fsp3) is 0.407. The van der Waals surface area contributed by atoms with Gasteiger partial charge >= 0.3 is 30.0 Å². The van der Waals surface area contributed by atoms with Gasteiger partial charge in [-0.05, 0) is 158 Å². The van der Waals surface area contributed by atoms with Crippen LogP contribution in [-0.4, -0.2) is 219 Å². The number of benzene rings is 6. The first-order chi connectivity index (χ1) is 60.0. The number of anilines is 1. The first-order valence-electron chi connectivity index (χ1n) is 39.4. The number of hydrogen-bond donors (Lipinski definition) is 1. The number of hydrogen-bond acceptors (Lipinski definition) is 23. The number of carbonyl (C=O) groups excluding carboxylic acids is 6. The Bertz CT molecular complexity index is 5960. The third-order valence-electron chi connectivity index (χ3n) is 19.9. The molecule has 8 aromatic rings. The van der Waals surface area contributed by atoms with Crippen molar-refractivity contribution in [2.45, 2.75) is 106 Å². The maximum atomic E-state index is 13.8. The second kappa shape index (κ2) is 44.8. The summed E-state index contributed by atoms with van der Waals surface area (Å²) in [6.07, 6.45) is 10.2. The molecule has 0 radical (unpaired) electrons. The summed E-state index contributed by atoms with van der Waals surface area (Å²) in [7, 11) is -14.8. The SMILES string of the molecule is CCS(=O)(=O)N1CCCC(C(=O)Oc2ccc(Cl)c(F)c2)C1.CS(=O)(=O)N1CCCC(C(=O)Oc2ccc(Cl)c(F)c2)C1.Cn1cnc(S(=O)(=O)N2CCCC(C(=O)Oc3ccc(Cl)c(F)c3)C2)c1.Cn1cnc(S(=O)(=O)N2CCN(C(=O)OC(C)(C)C)C(C(=O)Nc3ccc(Cl)c(F)c3)C2)c1.O=C(Oc1ccc(Cl)c(F)c1)C1CCCN(S(=O)(=O)c2ccccc2)C1. The minimum atomic E-state index is -4.01. The molecule has 5 unspecified atom stereocenters. The van der Waals surface area contributed by atoms with E-state index in [1.165, 1.54) is 124 Å². The quantitative estimate of drug-likeness (QED) is 0.0446. The number of aryl methyl sites for hydroxylation is 2. The lowest BCUT2D eigenvalue weighted by Crippen LogP contribution is -2.61. The van der Waals surface area contributed by atoms with Gasteiger partial charge in [0, 0.05) is 128 Å². The molecule has 0 aliphatic carbocycles. The molecule has 7 heterocycles. The van der Waals surface area contributed by atoms with Crippen molar-refractivity contribution in [2.24, 2.45) is 37.8 Å². The van der Waals surface area contributed by atoms with E-state index in [2.05, 4.69) is 15.3 Å². The predicted octanol–water partition coefficient (Wildman–Crippen LogP) is 12.7. The average molecular weight is 1990 g/mol. The van der Waals surface area contributed by atoms with Gasteiger partial charge in [-0.3, -0.25) is 28.9 Å². The third-order valence-corrected chi connectivity index (χ3v) is 30.0. The highest BCUT2D eigenvalue weighted by atomic mass is 35.5. The summed E-state index contributed by atoms with van der Waals surface area (Å²) in [5.41, 5.74) is -0.718. The molecule has 2 amide bonds. The first kappa shape index (κ1) is 103. The molecule has 6 aromatic carbocycles. The molecule has 1 N–H and O–H groups in total. The number of sulfonamides is 5. The van der Waals surface area contributed by atoms with Crippen LogP contribution in [0.5, 0.6) is 23.0 Å². The number of amides is 2. The smallest absolute Gasteiger partial charge is 0.411 e. The van der Waals surface area contributed by atoms with E-state index in [9.17, 15) is 92.8 Å². The average Bonchev–Trinajstić information content (AvgIpc) is 1.38. The van der Waals surface area contributed by atoms with Gasteiger partial charge in [-0.2, -0.15) is 12.9 Å². The van der Waals surface area contributed by atoms with Crippen molar-refractivity contribution in [1.82, 2.24) is 45.5 Å². The molecule has 5 atom stereocenters. The molecular weight excluding hydrogens is 1900 g/mol. The van der Waals surface area contributed by atoms with Gasteiger partial charge in [0.1, 0.15) is 63.7 Å². The molecule has 13 rings (SSSR count). The van der Waals surface area contributed by atoms with E-state index in [-0.39, 0.29) is 120 Å². The predicted molar refractivity (Wildman–Crippen MR) is 462 cm³/mol. The van der Waals surface area contributed by atoms with Crippen molar-refractivity contribution in [3.63, 3.8) is 0 Å². The molecule has 5 aliphatic heterocycles. The molecule has 32 nitrogen and oxygen atoms in total. The number of nitrogens with zero attached hydrogens (tertiary/aromatic N) is 10. The molecule has 0 bridgehead atoms. The largest absolute Gasteiger partial charge is 0.444 e. The Hall–Kier alpha value is -8.99. The van der Waals surface area contributed by atoms with Gasteiger partial charge in [-0.15, -0.1) is 0 Å². The monoisotopic (exact) mass is 1980 g/mol. The van der Waals surface area contributed by atoms with Gasteiger partial charge < -0.3 is 38.1 Å². The van der Waals surface area contributed by atoms with Crippen LogP contribution in [0.1, 0.15) is 79.1 Å². The minimum absolute atomic E-state index is 0.00281. The number of carbonyl (C=O) groups is 6. The Balaban J connectivity index is 0.000000182. The zero-order valence-corrected chi connectivity index (χ0v) is 77.6. The van der Waals surface area contributed by atoms with Crippen molar-refractivity contribution in [3.05, 3.63) is 201 Å². The van der Waals surface area contributed by atoms with Crippen LogP contribution in [0.25, 0.3) is 0 Å². The van der Waals surface area contributed by atoms with Crippen LogP contribution in [0.15, 0.2) is 161 Å². The fourth-order valence-electron chi connectivity index (χ4n) is 13.3. The van der Waals surface area contributed by atoms with E-state index < -0.39 is 150 Å². The lowest BCUT2D eigenvalue weighted by Gasteiger charge is -2.39. The number of rotatable bonds is 19. The van der Waals surface area contributed by atoms with Crippen molar-refractivity contribution in [3.8, 4) is 23.0 Å². The van der Waals surface area contributed by atoms with E-state index in [1.54, 1.807) is 60.0 Å². The summed E-state index contributed by atoms with van der Waals surface area (Å²) in [6, 6.07) is 25.4. The molecule has 5 aliphatic rings. The maximum Gasteiger partial charge on any atom is 0.411 e. The number of halogens is 10. The zero-order valence-electron chi connectivity index (χ0n) is 69.8. The second-order valence-corrected chi connectivity index (χ2v) is 42.7. The number of aromatic nitrogens is 4. The van der Waals surface area contributed by atoms with Crippen molar-refractivity contribution < 1.29 is 116 Å². The number of piperazine rings is 1. The van der Waals surface area contributed by atoms with Crippen LogP contribution in [0.2, 0.25) is 25.1 Å². The molecule has 696 valence electrons. The van der Waals surface area contributed by atoms with E-state index >= 15 is 0 Å². The van der Waals surface area contributed by atoms with Gasteiger partial charge in [-0.25, -0.2) is 87.4 Å². The summed E-state index contributed by atoms with van der Waals surface area (Å²) in [4.78, 5) is 83.9. The summed E-state index contributed by atoms with van der Waals surface area (Å²) in [5.74, 6) is -8.65. The van der Waals surface area contributed by atoms with Gasteiger partial charge in [0.15, 0.2) is 10.1 Å². The number of piperidine rings is 4. The Morgan fingerprint density at radius 1 is 0.438 bits per heavy atom. The minimum Gasteiger partial charge on any atom is -0.444 e. The number of imidazole rings is 2. The molecule has 5 saturated heterocycles. The highest BCUT2D eigenvalue weighted by molar-refractivity contribution is 7.90. The Kier molecular flexibility index (Phi) is 35.9. The van der Waals surface area contributed by atoms with Crippen molar-refractivity contribution >= 4 is 150 Å². The van der Waals surface area contributed by atoms with Crippen molar-refractivity contribution in [2.75, 3.05) is 89.3 Å². The number of ether oxygens (including phenoxy) is 5. The molecule has 2 aromatic heterocycles. The first-order valence-corrected chi connectivity index (χ1v) is 49.1. The normalized spacial score (nSPS) is 18.8. The number of esters is 4. The summed E-state index contributed by atoms with van der Waals surface area (Å²) >= 11 is 28.0. The third kappa shape index (κ3) is 28.5. The van der Waals surface area contributed by atoms with Crippen LogP contribution < -0.4 is 24.3 Å².